The Morgan fingerprint density at radius 1 is 1.20 bits per heavy atom. The van der Waals surface area contributed by atoms with Crippen LogP contribution in [-0.4, -0.2) is 60.4 Å². The van der Waals surface area contributed by atoms with Crippen molar-refractivity contribution in [3.8, 4) is 5.75 Å². The number of amides is 2. The predicted molar refractivity (Wildman–Crippen MR) is 97.4 cm³/mol. The summed E-state index contributed by atoms with van der Waals surface area (Å²) in [5.41, 5.74) is 5.81. The van der Waals surface area contributed by atoms with Crippen molar-refractivity contribution in [3.63, 3.8) is 0 Å². The normalized spacial score (nSPS) is 19.1. The number of benzene rings is 1. The van der Waals surface area contributed by atoms with Crippen LogP contribution >= 0.6 is 0 Å². The lowest BCUT2D eigenvalue weighted by Crippen LogP contribution is -2.62. The molecule has 1 saturated heterocycles. The van der Waals surface area contributed by atoms with Crippen LogP contribution in [0.5, 0.6) is 5.75 Å². The van der Waals surface area contributed by atoms with E-state index in [1.165, 1.54) is 0 Å². The van der Waals surface area contributed by atoms with Gasteiger partial charge in [-0.2, -0.15) is 0 Å². The number of piperazine rings is 1. The number of rotatable bonds is 5. The summed E-state index contributed by atoms with van der Waals surface area (Å²) in [5.74, 6) is 0.382. The standard InChI is InChI=1S/C19H29N3O3/c1-13(2)22-11-10-21(12-16(22)17(20)23)18(24)19(3,4)14-6-8-15(25-5)9-7-14/h6-9,13,16H,10-12H2,1-5H3,(H2,20,23). The molecule has 25 heavy (non-hydrogen) atoms. The molecule has 0 bridgehead atoms. The number of primary amides is 1. The van der Waals surface area contributed by atoms with Crippen molar-refractivity contribution in [3.05, 3.63) is 29.8 Å². The topological polar surface area (TPSA) is 75.9 Å². The Morgan fingerprint density at radius 2 is 1.80 bits per heavy atom. The molecule has 6 nitrogen and oxygen atoms in total. The zero-order valence-electron chi connectivity index (χ0n) is 15.8. The maximum absolute atomic E-state index is 13.1. The summed E-state index contributed by atoms with van der Waals surface area (Å²) >= 11 is 0. The van der Waals surface area contributed by atoms with E-state index in [0.717, 1.165) is 11.3 Å². The number of hydrogen-bond acceptors (Lipinski definition) is 4. The summed E-state index contributed by atoms with van der Waals surface area (Å²) in [5, 5.41) is 0. The molecule has 1 atom stereocenters. The van der Waals surface area contributed by atoms with Crippen LogP contribution in [0.2, 0.25) is 0 Å². The second kappa shape index (κ2) is 7.44. The first kappa shape index (κ1) is 19.2. The van der Waals surface area contributed by atoms with Gasteiger partial charge in [-0.05, 0) is 45.4 Å². The van der Waals surface area contributed by atoms with E-state index < -0.39 is 11.5 Å². The summed E-state index contributed by atoms with van der Waals surface area (Å²) in [7, 11) is 1.61. The Kier molecular flexibility index (Phi) is 5.72. The summed E-state index contributed by atoms with van der Waals surface area (Å²) in [6.07, 6.45) is 0. The minimum Gasteiger partial charge on any atom is -0.497 e. The van der Waals surface area contributed by atoms with E-state index in [1.54, 1.807) is 12.0 Å². The molecule has 2 amide bonds. The third-order valence-corrected chi connectivity index (χ3v) is 5.05. The molecule has 0 spiro atoms. The van der Waals surface area contributed by atoms with Crippen molar-refractivity contribution in [2.75, 3.05) is 26.7 Å². The van der Waals surface area contributed by atoms with Crippen LogP contribution in [-0.2, 0) is 15.0 Å². The highest BCUT2D eigenvalue weighted by atomic mass is 16.5. The lowest BCUT2D eigenvalue weighted by Gasteiger charge is -2.44. The first-order valence-electron chi connectivity index (χ1n) is 8.67. The minimum atomic E-state index is -0.686. The van der Waals surface area contributed by atoms with Crippen LogP contribution in [0.25, 0.3) is 0 Å². The molecule has 1 aliphatic rings. The zero-order valence-corrected chi connectivity index (χ0v) is 15.8. The van der Waals surface area contributed by atoms with Crippen LogP contribution in [0.15, 0.2) is 24.3 Å². The molecule has 0 saturated carbocycles. The van der Waals surface area contributed by atoms with Crippen molar-refractivity contribution in [2.45, 2.75) is 45.2 Å². The van der Waals surface area contributed by atoms with Gasteiger partial charge in [0.2, 0.25) is 11.8 Å². The van der Waals surface area contributed by atoms with Gasteiger partial charge in [-0.15, -0.1) is 0 Å². The van der Waals surface area contributed by atoms with Gasteiger partial charge >= 0.3 is 0 Å². The molecule has 0 aromatic heterocycles. The van der Waals surface area contributed by atoms with E-state index >= 15 is 0 Å². The molecule has 1 heterocycles. The summed E-state index contributed by atoms with van der Waals surface area (Å²) in [4.78, 5) is 28.8. The SMILES string of the molecule is COc1ccc(C(C)(C)C(=O)N2CCN(C(C)C)C(C(N)=O)C2)cc1. The molecule has 0 radical (unpaired) electrons. The number of methoxy groups -OCH3 is 1. The third kappa shape index (κ3) is 3.95. The van der Waals surface area contributed by atoms with Crippen molar-refractivity contribution in [1.29, 1.82) is 0 Å². The number of ether oxygens (including phenoxy) is 1. The third-order valence-electron chi connectivity index (χ3n) is 5.05. The summed E-state index contributed by atoms with van der Waals surface area (Å²) in [6.45, 7) is 9.47. The molecule has 0 aliphatic carbocycles. The molecule has 1 aliphatic heterocycles. The molecule has 2 rings (SSSR count). The first-order chi connectivity index (χ1) is 11.7. The van der Waals surface area contributed by atoms with E-state index in [2.05, 4.69) is 4.90 Å². The van der Waals surface area contributed by atoms with Crippen LogP contribution in [0.3, 0.4) is 0 Å². The Bertz CT molecular complexity index is 625. The minimum absolute atomic E-state index is 0.00678. The molecule has 1 unspecified atom stereocenters. The van der Waals surface area contributed by atoms with Crippen molar-refractivity contribution in [2.24, 2.45) is 5.73 Å². The fourth-order valence-electron chi connectivity index (χ4n) is 3.38. The molecule has 1 aromatic rings. The lowest BCUT2D eigenvalue weighted by molar-refractivity contribution is -0.142. The maximum Gasteiger partial charge on any atom is 0.236 e. The number of hydrogen-bond donors (Lipinski definition) is 1. The fraction of sp³-hybridized carbons (Fsp3) is 0.579. The highest BCUT2D eigenvalue weighted by Gasteiger charge is 2.39. The van der Waals surface area contributed by atoms with Gasteiger partial charge in [0.05, 0.1) is 12.5 Å². The maximum atomic E-state index is 13.1. The number of carbonyl (C=O) groups is 2. The number of nitrogens with zero attached hydrogens (tertiary/aromatic N) is 2. The predicted octanol–water partition coefficient (Wildman–Crippen LogP) is 1.38. The highest BCUT2D eigenvalue weighted by Crippen LogP contribution is 2.28. The smallest absolute Gasteiger partial charge is 0.236 e. The number of nitrogens with two attached hydrogens (primary N) is 1. The summed E-state index contributed by atoms with van der Waals surface area (Å²) < 4.78 is 5.18. The van der Waals surface area contributed by atoms with Gasteiger partial charge in [-0.25, -0.2) is 0 Å². The van der Waals surface area contributed by atoms with Crippen LogP contribution in [0, 0.1) is 0 Å². The van der Waals surface area contributed by atoms with Crippen molar-refractivity contribution in [1.82, 2.24) is 9.80 Å². The Hall–Kier alpha value is -2.08. The lowest BCUT2D eigenvalue weighted by atomic mass is 9.82. The molecule has 138 valence electrons. The van der Waals surface area contributed by atoms with Crippen LogP contribution in [0.4, 0.5) is 0 Å². The molecular formula is C19H29N3O3. The highest BCUT2D eigenvalue weighted by molar-refractivity contribution is 5.89. The van der Waals surface area contributed by atoms with Crippen LogP contribution in [0.1, 0.15) is 33.3 Å². The van der Waals surface area contributed by atoms with E-state index in [9.17, 15) is 9.59 Å². The van der Waals surface area contributed by atoms with Crippen LogP contribution < -0.4 is 10.5 Å². The van der Waals surface area contributed by atoms with Gasteiger partial charge in [0.15, 0.2) is 0 Å². The van der Waals surface area contributed by atoms with Crippen molar-refractivity contribution < 1.29 is 14.3 Å². The van der Waals surface area contributed by atoms with Gasteiger partial charge in [-0.3, -0.25) is 14.5 Å². The average molecular weight is 347 g/mol. The summed E-state index contributed by atoms with van der Waals surface area (Å²) in [6, 6.07) is 7.30. The van der Waals surface area contributed by atoms with Gasteiger partial charge in [0.25, 0.3) is 0 Å². The first-order valence-corrected chi connectivity index (χ1v) is 8.67. The van der Waals surface area contributed by atoms with E-state index in [4.69, 9.17) is 10.5 Å². The Labute approximate surface area is 149 Å². The largest absolute Gasteiger partial charge is 0.497 e. The van der Waals surface area contributed by atoms with Gasteiger partial charge < -0.3 is 15.4 Å². The molecule has 6 heteroatoms. The van der Waals surface area contributed by atoms with E-state index in [0.29, 0.717) is 19.6 Å². The monoisotopic (exact) mass is 347 g/mol. The Balaban J connectivity index is 2.19. The molecular weight excluding hydrogens is 318 g/mol. The second-order valence-corrected chi connectivity index (χ2v) is 7.35. The Morgan fingerprint density at radius 3 is 2.28 bits per heavy atom. The molecule has 1 aromatic carbocycles. The zero-order chi connectivity index (χ0) is 18.8. The average Bonchev–Trinajstić information content (AvgIpc) is 2.60. The van der Waals surface area contributed by atoms with E-state index in [1.807, 2.05) is 52.0 Å². The van der Waals surface area contributed by atoms with Gasteiger partial charge in [0, 0.05) is 25.7 Å². The molecule has 1 fully saturated rings. The van der Waals surface area contributed by atoms with Crippen molar-refractivity contribution >= 4 is 11.8 Å². The van der Waals surface area contributed by atoms with Gasteiger partial charge in [-0.1, -0.05) is 12.1 Å². The molecule has 2 N–H and O–H groups in total. The van der Waals surface area contributed by atoms with Gasteiger partial charge in [0.1, 0.15) is 11.8 Å². The quantitative estimate of drug-likeness (QED) is 0.873. The second-order valence-electron chi connectivity index (χ2n) is 7.35. The number of carbonyl (C=O) groups excluding carboxylic acids is 2. The fourth-order valence-corrected chi connectivity index (χ4v) is 3.38. The van der Waals surface area contributed by atoms with E-state index in [-0.39, 0.29) is 17.9 Å².